The molecule has 0 heterocycles. The summed E-state index contributed by atoms with van der Waals surface area (Å²) < 4.78 is 5.04. The van der Waals surface area contributed by atoms with Crippen molar-refractivity contribution in [3.05, 3.63) is 23.8 Å². The van der Waals surface area contributed by atoms with E-state index < -0.39 is 0 Å². The molecule has 0 aliphatic carbocycles. The van der Waals surface area contributed by atoms with Gasteiger partial charge in [0.15, 0.2) is 0 Å². The number of rotatable bonds is 6. The molecule has 1 aromatic rings. The molecule has 0 spiro atoms. The number of nitrogens with two attached hydrogens (primary N) is 1. The van der Waals surface area contributed by atoms with E-state index in [0.717, 1.165) is 5.69 Å². The first kappa shape index (κ1) is 13.8. The van der Waals surface area contributed by atoms with Crippen LogP contribution >= 0.6 is 0 Å². The third-order valence-corrected chi connectivity index (χ3v) is 2.58. The minimum Gasteiger partial charge on any atom is -0.398 e. The van der Waals surface area contributed by atoms with Crippen molar-refractivity contribution in [1.29, 1.82) is 10.5 Å². The van der Waals surface area contributed by atoms with Crippen LogP contribution < -0.4 is 10.6 Å². The summed E-state index contributed by atoms with van der Waals surface area (Å²) in [6, 6.07) is 9.42. The van der Waals surface area contributed by atoms with Crippen molar-refractivity contribution in [2.45, 2.75) is 6.42 Å². The number of nitrogens with zero attached hydrogens (tertiary/aromatic N) is 3. The first-order chi connectivity index (χ1) is 8.72. The van der Waals surface area contributed by atoms with E-state index in [1.165, 1.54) is 0 Å². The van der Waals surface area contributed by atoms with Crippen LogP contribution in [0.2, 0.25) is 0 Å². The number of benzene rings is 1. The molecule has 0 saturated heterocycles. The van der Waals surface area contributed by atoms with Crippen molar-refractivity contribution >= 4 is 11.4 Å². The number of hydrogen-bond donors (Lipinski definition) is 1. The van der Waals surface area contributed by atoms with Crippen molar-refractivity contribution < 1.29 is 4.74 Å². The summed E-state index contributed by atoms with van der Waals surface area (Å²) >= 11 is 0. The Balaban J connectivity index is 2.87. The molecule has 0 saturated carbocycles. The third-order valence-electron chi connectivity index (χ3n) is 2.58. The van der Waals surface area contributed by atoms with E-state index in [1.54, 1.807) is 19.2 Å². The smallest absolute Gasteiger partial charge is 0.101 e. The molecule has 5 nitrogen and oxygen atoms in total. The highest BCUT2D eigenvalue weighted by Crippen LogP contribution is 2.21. The Morgan fingerprint density at radius 1 is 1.33 bits per heavy atom. The maximum absolute atomic E-state index is 8.82. The second-order valence-corrected chi connectivity index (χ2v) is 3.77. The predicted molar refractivity (Wildman–Crippen MR) is 69.9 cm³/mol. The quantitative estimate of drug-likeness (QED) is 0.766. The Labute approximate surface area is 107 Å². The number of nitriles is 2. The van der Waals surface area contributed by atoms with Gasteiger partial charge in [-0.05, 0) is 18.2 Å². The third kappa shape index (κ3) is 3.65. The summed E-state index contributed by atoms with van der Waals surface area (Å²) in [5.41, 5.74) is 7.60. The van der Waals surface area contributed by atoms with E-state index in [-0.39, 0.29) is 0 Å². The summed E-state index contributed by atoms with van der Waals surface area (Å²) in [4.78, 5) is 2.02. The average molecular weight is 244 g/mol. The molecule has 0 aliphatic rings. The van der Waals surface area contributed by atoms with Crippen molar-refractivity contribution in [3.63, 3.8) is 0 Å². The van der Waals surface area contributed by atoms with Crippen LogP contribution in [0, 0.1) is 22.7 Å². The number of nitrogen functional groups attached to an aromatic ring is 1. The standard InChI is InChI=1S/C13H16N4O/c1-18-8-7-17(6-2-5-14)12-4-3-11(10-15)13(16)9-12/h3-4,9H,2,6-8,16H2,1H3. The lowest BCUT2D eigenvalue weighted by Gasteiger charge is -2.23. The lowest BCUT2D eigenvalue weighted by Crippen LogP contribution is -2.28. The predicted octanol–water partition coefficient (Wildman–Crippen LogP) is 1.51. The second-order valence-electron chi connectivity index (χ2n) is 3.77. The molecular weight excluding hydrogens is 228 g/mol. The van der Waals surface area contributed by atoms with Crippen LogP contribution in [0.3, 0.4) is 0 Å². The molecule has 1 rings (SSSR count). The molecule has 0 bridgehead atoms. The van der Waals surface area contributed by atoms with Crippen molar-refractivity contribution in [3.8, 4) is 12.1 Å². The van der Waals surface area contributed by atoms with Crippen LogP contribution in [-0.4, -0.2) is 26.8 Å². The van der Waals surface area contributed by atoms with E-state index in [1.807, 2.05) is 17.0 Å². The van der Waals surface area contributed by atoms with Crippen molar-refractivity contribution in [2.75, 3.05) is 37.4 Å². The summed E-state index contributed by atoms with van der Waals surface area (Å²) in [6.07, 6.45) is 0.434. The van der Waals surface area contributed by atoms with Crippen LogP contribution in [0.15, 0.2) is 18.2 Å². The Morgan fingerprint density at radius 3 is 2.67 bits per heavy atom. The van der Waals surface area contributed by atoms with Gasteiger partial charge in [0.25, 0.3) is 0 Å². The Hall–Kier alpha value is -2.24. The van der Waals surface area contributed by atoms with Gasteiger partial charge >= 0.3 is 0 Å². The van der Waals surface area contributed by atoms with Crippen LogP contribution in [-0.2, 0) is 4.74 Å². The topological polar surface area (TPSA) is 86.1 Å². The van der Waals surface area contributed by atoms with Gasteiger partial charge in [0, 0.05) is 25.9 Å². The van der Waals surface area contributed by atoms with E-state index in [4.69, 9.17) is 21.0 Å². The van der Waals surface area contributed by atoms with Crippen LogP contribution in [0.5, 0.6) is 0 Å². The highest BCUT2D eigenvalue weighted by molar-refractivity contribution is 5.63. The minimum atomic E-state index is 0.434. The molecule has 0 atom stereocenters. The SMILES string of the molecule is COCCN(CCC#N)c1ccc(C#N)c(N)c1. The van der Waals surface area contributed by atoms with Crippen molar-refractivity contribution in [1.82, 2.24) is 0 Å². The summed E-state index contributed by atoms with van der Waals surface area (Å²) in [7, 11) is 1.63. The molecule has 0 aromatic heterocycles. The Bertz CT molecular complexity index is 473. The van der Waals surface area contributed by atoms with Crippen LogP contribution in [0.1, 0.15) is 12.0 Å². The fraction of sp³-hybridized carbons (Fsp3) is 0.385. The molecule has 0 fully saturated rings. The zero-order valence-corrected chi connectivity index (χ0v) is 10.4. The number of hydrogen-bond acceptors (Lipinski definition) is 5. The van der Waals surface area contributed by atoms with Crippen LogP contribution in [0.4, 0.5) is 11.4 Å². The van der Waals surface area contributed by atoms with E-state index in [0.29, 0.717) is 37.4 Å². The van der Waals surface area contributed by atoms with Gasteiger partial charge in [-0.2, -0.15) is 10.5 Å². The molecule has 1 aromatic carbocycles. The first-order valence-electron chi connectivity index (χ1n) is 5.63. The lowest BCUT2D eigenvalue weighted by molar-refractivity contribution is 0.205. The molecule has 0 radical (unpaired) electrons. The van der Waals surface area contributed by atoms with E-state index in [2.05, 4.69) is 6.07 Å². The fourth-order valence-electron chi connectivity index (χ4n) is 1.61. The van der Waals surface area contributed by atoms with Crippen molar-refractivity contribution in [2.24, 2.45) is 0 Å². The van der Waals surface area contributed by atoms with Gasteiger partial charge in [0.1, 0.15) is 6.07 Å². The first-order valence-corrected chi connectivity index (χ1v) is 5.63. The van der Waals surface area contributed by atoms with Gasteiger partial charge in [0.05, 0.1) is 30.3 Å². The molecule has 18 heavy (non-hydrogen) atoms. The molecule has 5 heteroatoms. The summed E-state index contributed by atoms with van der Waals surface area (Å²) in [5, 5.41) is 17.5. The number of anilines is 2. The fourth-order valence-corrected chi connectivity index (χ4v) is 1.61. The van der Waals surface area contributed by atoms with Gasteiger partial charge in [0.2, 0.25) is 0 Å². The van der Waals surface area contributed by atoms with Gasteiger partial charge in [-0.3, -0.25) is 0 Å². The van der Waals surface area contributed by atoms with Gasteiger partial charge in [-0.1, -0.05) is 0 Å². The zero-order valence-electron chi connectivity index (χ0n) is 10.4. The van der Waals surface area contributed by atoms with Gasteiger partial charge in [-0.25, -0.2) is 0 Å². The number of methoxy groups -OCH3 is 1. The minimum absolute atomic E-state index is 0.434. The summed E-state index contributed by atoms with van der Waals surface area (Å²) in [6.45, 7) is 1.88. The maximum atomic E-state index is 8.82. The largest absolute Gasteiger partial charge is 0.398 e. The highest BCUT2D eigenvalue weighted by atomic mass is 16.5. The van der Waals surface area contributed by atoms with Gasteiger partial charge < -0.3 is 15.4 Å². The Morgan fingerprint density at radius 2 is 2.11 bits per heavy atom. The highest BCUT2D eigenvalue weighted by Gasteiger charge is 2.08. The molecule has 0 amide bonds. The number of ether oxygens (including phenoxy) is 1. The normalized spacial score (nSPS) is 9.50. The average Bonchev–Trinajstić information content (AvgIpc) is 2.39. The summed E-state index contributed by atoms with van der Waals surface area (Å²) in [5.74, 6) is 0. The van der Waals surface area contributed by atoms with E-state index >= 15 is 0 Å². The Kier molecular flexibility index (Phi) is 5.50. The monoisotopic (exact) mass is 244 g/mol. The molecular formula is C13H16N4O. The second kappa shape index (κ2) is 7.16. The lowest BCUT2D eigenvalue weighted by atomic mass is 10.1. The van der Waals surface area contributed by atoms with Gasteiger partial charge in [-0.15, -0.1) is 0 Å². The van der Waals surface area contributed by atoms with Crippen LogP contribution in [0.25, 0.3) is 0 Å². The molecule has 2 N–H and O–H groups in total. The molecule has 0 unspecified atom stereocenters. The zero-order chi connectivity index (χ0) is 13.4. The van der Waals surface area contributed by atoms with E-state index in [9.17, 15) is 0 Å². The maximum Gasteiger partial charge on any atom is 0.101 e. The molecule has 0 aliphatic heterocycles. The molecule has 94 valence electrons.